The van der Waals surface area contributed by atoms with Crippen molar-refractivity contribution in [2.24, 2.45) is 0 Å². The van der Waals surface area contributed by atoms with Gasteiger partial charge in [0.2, 0.25) is 0 Å². The minimum Gasteiger partial charge on any atom is -0.399 e. The Morgan fingerprint density at radius 2 is 2.28 bits per heavy atom. The van der Waals surface area contributed by atoms with Gasteiger partial charge in [0.1, 0.15) is 0 Å². The molecule has 1 heterocycles. The second-order valence-electron chi connectivity index (χ2n) is 5.04. The fourth-order valence-corrected chi connectivity index (χ4v) is 2.37. The lowest BCUT2D eigenvalue weighted by atomic mass is 9.99. The number of benzene rings is 1. The van der Waals surface area contributed by atoms with Gasteiger partial charge in [-0.1, -0.05) is 6.07 Å². The smallest absolute Gasteiger partial charge is 0.251 e. The van der Waals surface area contributed by atoms with Crippen molar-refractivity contribution < 1.29 is 4.79 Å². The van der Waals surface area contributed by atoms with Crippen LogP contribution in [0.1, 0.15) is 35.7 Å². The van der Waals surface area contributed by atoms with Crippen molar-refractivity contribution in [3.05, 3.63) is 29.3 Å². The molecule has 2 atom stereocenters. The molecule has 4 N–H and O–H groups in total. The molecule has 2 unspecified atom stereocenters. The van der Waals surface area contributed by atoms with Crippen LogP contribution in [0.5, 0.6) is 0 Å². The van der Waals surface area contributed by atoms with Gasteiger partial charge in [-0.05, 0) is 50.9 Å². The summed E-state index contributed by atoms with van der Waals surface area (Å²) in [5, 5.41) is 6.47. The van der Waals surface area contributed by atoms with Gasteiger partial charge in [0.25, 0.3) is 5.91 Å². The number of rotatable bonds is 2. The van der Waals surface area contributed by atoms with E-state index in [0.29, 0.717) is 17.3 Å². The number of carbonyl (C=O) groups is 1. The molecule has 0 aliphatic carbocycles. The van der Waals surface area contributed by atoms with Gasteiger partial charge in [-0.25, -0.2) is 0 Å². The topological polar surface area (TPSA) is 67.2 Å². The highest BCUT2D eigenvalue weighted by atomic mass is 16.1. The van der Waals surface area contributed by atoms with Gasteiger partial charge in [-0.3, -0.25) is 4.79 Å². The quantitative estimate of drug-likeness (QED) is 0.693. The van der Waals surface area contributed by atoms with Gasteiger partial charge in [0.05, 0.1) is 0 Å². The number of piperidine rings is 1. The summed E-state index contributed by atoms with van der Waals surface area (Å²) in [5.74, 6) is -0.0275. The second-order valence-corrected chi connectivity index (χ2v) is 5.04. The minimum absolute atomic E-state index is 0.0275. The molecule has 1 aliphatic rings. The maximum atomic E-state index is 12.2. The molecule has 1 aromatic rings. The van der Waals surface area contributed by atoms with E-state index in [0.717, 1.165) is 24.9 Å². The Bertz CT molecular complexity index is 445. The van der Waals surface area contributed by atoms with Crippen LogP contribution in [0.25, 0.3) is 0 Å². The van der Waals surface area contributed by atoms with E-state index in [4.69, 9.17) is 5.73 Å². The van der Waals surface area contributed by atoms with Crippen LogP contribution in [0.3, 0.4) is 0 Å². The largest absolute Gasteiger partial charge is 0.399 e. The number of carbonyl (C=O) groups excluding carboxylic acids is 1. The number of hydrogen-bond acceptors (Lipinski definition) is 3. The van der Waals surface area contributed by atoms with E-state index in [-0.39, 0.29) is 11.9 Å². The van der Waals surface area contributed by atoms with E-state index in [2.05, 4.69) is 17.6 Å². The van der Waals surface area contributed by atoms with Crippen molar-refractivity contribution in [2.75, 3.05) is 12.3 Å². The second kappa shape index (κ2) is 5.40. The van der Waals surface area contributed by atoms with Crippen molar-refractivity contribution in [2.45, 2.75) is 38.8 Å². The first-order chi connectivity index (χ1) is 8.58. The van der Waals surface area contributed by atoms with Crippen LogP contribution < -0.4 is 16.4 Å². The molecule has 1 aliphatic heterocycles. The van der Waals surface area contributed by atoms with Crippen molar-refractivity contribution >= 4 is 11.6 Å². The minimum atomic E-state index is -0.0275. The molecule has 4 nitrogen and oxygen atoms in total. The summed E-state index contributed by atoms with van der Waals surface area (Å²) in [4.78, 5) is 12.2. The first kappa shape index (κ1) is 12.9. The molecule has 4 heteroatoms. The lowest BCUT2D eigenvalue weighted by Gasteiger charge is -2.30. The summed E-state index contributed by atoms with van der Waals surface area (Å²) in [6.07, 6.45) is 2.13. The van der Waals surface area contributed by atoms with Crippen molar-refractivity contribution in [1.82, 2.24) is 10.6 Å². The molecule has 0 bridgehead atoms. The number of aryl methyl sites for hydroxylation is 1. The first-order valence-corrected chi connectivity index (χ1v) is 6.48. The SMILES string of the molecule is Cc1ccc(N)cc1C(=O)NC1CCCNC1C. The molecule has 1 amide bonds. The summed E-state index contributed by atoms with van der Waals surface area (Å²) >= 11 is 0. The van der Waals surface area contributed by atoms with Crippen molar-refractivity contribution in [1.29, 1.82) is 0 Å². The zero-order chi connectivity index (χ0) is 13.1. The van der Waals surface area contributed by atoms with Gasteiger partial charge in [-0.2, -0.15) is 0 Å². The van der Waals surface area contributed by atoms with E-state index in [1.807, 2.05) is 19.1 Å². The molecule has 18 heavy (non-hydrogen) atoms. The highest BCUT2D eigenvalue weighted by molar-refractivity contribution is 5.96. The number of amides is 1. The molecule has 1 saturated heterocycles. The Kier molecular flexibility index (Phi) is 3.87. The molecular weight excluding hydrogens is 226 g/mol. The maximum absolute atomic E-state index is 12.2. The van der Waals surface area contributed by atoms with Crippen LogP contribution >= 0.6 is 0 Å². The number of anilines is 1. The van der Waals surface area contributed by atoms with Gasteiger partial charge < -0.3 is 16.4 Å². The molecule has 98 valence electrons. The average Bonchev–Trinajstić information content (AvgIpc) is 2.35. The zero-order valence-electron chi connectivity index (χ0n) is 11.0. The number of hydrogen-bond donors (Lipinski definition) is 3. The maximum Gasteiger partial charge on any atom is 0.251 e. The Labute approximate surface area is 108 Å². The standard InChI is InChI=1S/C14H21N3O/c1-9-5-6-11(15)8-12(9)14(18)17-13-4-3-7-16-10(13)2/h5-6,8,10,13,16H,3-4,7,15H2,1-2H3,(H,17,18). The normalized spacial score (nSPS) is 23.7. The summed E-state index contributed by atoms with van der Waals surface area (Å²) in [6.45, 7) is 5.07. The lowest BCUT2D eigenvalue weighted by molar-refractivity contribution is 0.0919. The highest BCUT2D eigenvalue weighted by Gasteiger charge is 2.23. The van der Waals surface area contributed by atoms with Crippen molar-refractivity contribution in [3.8, 4) is 0 Å². The lowest BCUT2D eigenvalue weighted by Crippen LogP contribution is -2.52. The van der Waals surface area contributed by atoms with Crippen LogP contribution in [-0.4, -0.2) is 24.5 Å². The van der Waals surface area contributed by atoms with Crippen LogP contribution in [0.15, 0.2) is 18.2 Å². The van der Waals surface area contributed by atoms with Crippen LogP contribution in [-0.2, 0) is 0 Å². The van der Waals surface area contributed by atoms with E-state index in [1.54, 1.807) is 6.07 Å². The summed E-state index contributed by atoms with van der Waals surface area (Å²) in [7, 11) is 0. The molecule has 0 spiro atoms. The van der Waals surface area contributed by atoms with Crippen LogP contribution in [0, 0.1) is 6.92 Å². The van der Waals surface area contributed by atoms with Gasteiger partial charge in [0, 0.05) is 23.3 Å². The average molecular weight is 247 g/mol. The van der Waals surface area contributed by atoms with Gasteiger partial charge in [-0.15, -0.1) is 0 Å². The predicted molar refractivity (Wildman–Crippen MR) is 73.5 cm³/mol. The number of nitrogens with two attached hydrogens (primary N) is 1. The summed E-state index contributed by atoms with van der Waals surface area (Å²) in [5.41, 5.74) is 7.99. The number of nitrogens with one attached hydrogen (secondary N) is 2. The van der Waals surface area contributed by atoms with E-state index >= 15 is 0 Å². The Morgan fingerprint density at radius 1 is 1.50 bits per heavy atom. The van der Waals surface area contributed by atoms with Gasteiger partial charge in [0.15, 0.2) is 0 Å². The summed E-state index contributed by atoms with van der Waals surface area (Å²) in [6, 6.07) is 5.96. The molecular formula is C14H21N3O. The van der Waals surface area contributed by atoms with Crippen LogP contribution in [0.4, 0.5) is 5.69 Å². The molecule has 1 aromatic carbocycles. The fraction of sp³-hybridized carbons (Fsp3) is 0.500. The number of nitrogen functional groups attached to an aromatic ring is 1. The third kappa shape index (κ3) is 2.82. The van der Waals surface area contributed by atoms with E-state index in [9.17, 15) is 4.79 Å². The monoisotopic (exact) mass is 247 g/mol. The zero-order valence-corrected chi connectivity index (χ0v) is 11.0. The molecule has 0 radical (unpaired) electrons. The molecule has 0 saturated carbocycles. The Morgan fingerprint density at radius 3 is 3.00 bits per heavy atom. The van der Waals surface area contributed by atoms with Gasteiger partial charge >= 0.3 is 0 Å². The first-order valence-electron chi connectivity index (χ1n) is 6.48. The Balaban J connectivity index is 2.09. The van der Waals surface area contributed by atoms with E-state index < -0.39 is 0 Å². The molecule has 2 rings (SSSR count). The molecule has 0 aromatic heterocycles. The third-order valence-corrected chi connectivity index (χ3v) is 3.58. The molecule has 1 fully saturated rings. The van der Waals surface area contributed by atoms with Crippen molar-refractivity contribution in [3.63, 3.8) is 0 Å². The van der Waals surface area contributed by atoms with E-state index in [1.165, 1.54) is 0 Å². The summed E-state index contributed by atoms with van der Waals surface area (Å²) < 4.78 is 0. The van der Waals surface area contributed by atoms with Crippen LogP contribution in [0.2, 0.25) is 0 Å². The predicted octanol–water partition coefficient (Wildman–Crippen LogP) is 1.45. The third-order valence-electron chi connectivity index (χ3n) is 3.58. The Hall–Kier alpha value is -1.55. The highest BCUT2D eigenvalue weighted by Crippen LogP contribution is 2.14. The fourth-order valence-electron chi connectivity index (χ4n) is 2.37.